The van der Waals surface area contributed by atoms with Crippen molar-refractivity contribution in [3.8, 4) is 0 Å². The summed E-state index contributed by atoms with van der Waals surface area (Å²) in [6.07, 6.45) is 1.77. The highest BCUT2D eigenvalue weighted by Gasteiger charge is 2.28. The molecule has 1 unspecified atom stereocenters. The van der Waals surface area contributed by atoms with E-state index in [2.05, 4.69) is 5.32 Å². The van der Waals surface area contributed by atoms with Crippen LogP contribution in [0.1, 0.15) is 24.4 Å². The number of benzene rings is 1. The molecule has 1 aliphatic rings. The summed E-state index contributed by atoms with van der Waals surface area (Å²) in [5.74, 6) is 0.0159. The first-order valence-electron chi connectivity index (χ1n) is 6.85. The molecule has 1 aromatic carbocycles. The normalized spacial score (nSPS) is 19.5. The fourth-order valence-electron chi connectivity index (χ4n) is 2.61. The molecule has 0 aliphatic carbocycles. The molecule has 0 bridgehead atoms. The summed E-state index contributed by atoms with van der Waals surface area (Å²) >= 11 is 0. The van der Waals surface area contributed by atoms with Crippen LogP contribution in [0.5, 0.6) is 0 Å². The third kappa shape index (κ3) is 3.13. The zero-order valence-electron chi connectivity index (χ0n) is 12.0. The van der Waals surface area contributed by atoms with Gasteiger partial charge in [0.1, 0.15) is 0 Å². The first-order chi connectivity index (χ1) is 9.60. The largest absolute Gasteiger partial charge is 0.384 e. The number of ether oxygens (including phenoxy) is 1. The standard InChI is InChI=1S/C14H22N2O3S/c1-15-13-7-5-9-16(20(17,18)11-10-19-2)14-8-4-3-6-12(13)14/h3-4,6,8,13,15H,5,7,9-11H2,1-2H3. The first kappa shape index (κ1) is 15.3. The third-order valence-corrected chi connectivity index (χ3v) is 5.40. The fourth-order valence-corrected chi connectivity index (χ4v) is 4.08. The smallest absolute Gasteiger partial charge is 0.237 e. The topological polar surface area (TPSA) is 58.6 Å². The van der Waals surface area contributed by atoms with Crippen molar-refractivity contribution in [3.05, 3.63) is 29.8 Å². The number of rotatable bonds is 5. The molecule has 0 saturated heterocycles. The predicted octanol–water partition coefficient (Wildman–Crippen LogP) is 1.52. The van der Waals surface area contributed by atoms with E-state index in [0.717, 1.165) is 24.1 Å². The zero-order valence-corrected chi connectivity index (χ0v) is 12.8. The lowest BCUT2D eigenvalue weighted by Gasteiger charge is -2.25. The third-order valence-electron chi connectivity index (χ3n) is 3.66. The van der Waals surface area contributed by atoms with Crippen molar-refractivity contribution >= 4 is 15.7 Å². The van der Waals surface area contributed by atoms with E-state index in [0.29, 0.717) is 6.54 Å². The van der Waals surface area contributed by atoms with Crippen LogP contribution in [0.4, 0.5) is 5.69 Å². The van der Waals surface area contributed by atoms with Crippen molar-refractivity contribution in [2.45, 2.75) is 18.9 Å². The van der Waals surface area contributed by atoms with Gasteiger partial charge in [-0.2, -0.15) is 0 Å². The van der Waals surface area contributed by atoms with Gasteiger partial charge in [-0.1, -0.05) is 18.2 Å². The highest BCUT2D eigenvalue weighted by atomic mass is 32.2. The number of fused-ring (bicyclic) bond motifs is 1. The second kappa shape index (κ2) is 6.56. The fraction of sp³-hybridized carbons (Fsp3) is 0.571. The Morgan fingerprint density at radius 1 is 1.40 bits per heavy atom. The van der Waals surface area contributed by atoms with Crippen molar-refractivity contribution in [2.24, 2.45) is 0 Å². The minimum Gasteiger partial charge on any atom is -0.384 e. The number of nitrogens with one attached hydrogen (secondary N) is 1. The van der Waals surface area contributed by atoms with Crippen LogP contribution in [0.25, 0.3) is 0 Å². The van der Waals surface area contributed by atoms with E-state index in [1.807, 2.05) is 31.3 Å². The molecule has 0 amide bonds. The number of hydrogen-bond acceptors (Lipinski definition) is 4. The Hall–Kier alpha value is -1.11. The predicted molar refractivity (Wildman–Crippen MR) is 80.5 cm³/mol. The molecule has 112 valence electrons. The zero-order chi connectivity index (χ0) is 14.6. The van der Waals surface area contributed by atoms with Crippen LogP contribution in [-0.2, 0) is 14.8 Å². The van der Waals surface area contributed by atoms with E-state index in [9.17, 15) is 8.42 Å². The Morgan fingerprint density at radius 3 is 2.85 bits per heavy atom. The van der Waals surface area contributed by atoms with Crippen LogP contribution in [0.2, 0.25) is 0 Å². The average molecular weight is 298 g/mol. The molecular formula is C14H22N2O3S. The molecule has 0 saturated carbocycles. The van der Waals surface area contributed by atoms with Crippen LogP contribution < -0.4 is 9.62 Å². The number of sulfonamides is 1. The molecule has 1 N–H and O–H groups in total. The van der Waals surface area contributed by atoms with Gasteiger partial charge in [0.25, 0.3) is 0 Å². The molecular weight excluding hydrogens is 276 g/mol. The lowest BCUT2D eigenvalue weighted by Crippen LogP contribution is -2.35. The van der Waals surface area contributed by atoms with Gasteiger partial charge in [0.15, 0.2) is 0 Å². The molecule has 0 aromatic heterocycles. The van der Waals surface area contributed by atoms with E-state index in [1.165, 1.54) is 7.11 Å². The van der Waals surface area contributed by atoms with Crippen molar-refractivity contribution in [2.75, 3.05) is 37.4 Å². The maximum absolute atomic E-state index is 12.5. The molecule has 6 heteroatoms. The van der Waals surface area contributed by atoms with E-state index in [4.69, 9.17) is 4.74 Å². The van der Waals surface area contributed by atoms with Crippen LogP contribution in [0.3, 0.4) is 0 Å². The first-order valence-corrected chi connectivity index (χ1v) is 8.46. The second-order valence-electron chi connectivity index (χ2n) is 4.92. The molecule has 0 radical (unpaired) electrons. The Kier molecular flexibility index (Phi) is 5.01. The Labute approximate surface area is 121 Å². The van der Waals surface area contributed by atoms with Gasteiger partial charge >= 0.3 is 0 Å². The molecule has 2 rings (SSSR count). The number of nitrogens with zero attached hydrogens (tertiary/aromatic N) is 1. The molecule has 1 aliphatic heterocycles. The van der Waals surface area contributed by atoms with Crippen LogP contribution in [-0.4, -0.2) is 41.5 Å². The minimum atomic E-state index is -3.33. The molecule has 20 heavy (non-hydrogen) atoms. The van der Waals surface area contributed by atoms with Crippen molar-refractivity contribution < 1.29 is 13.2 Å². The Morgan fingerprint density at radius 2 is 2.15 bits per heavy atom. The van der Waals surface area contributed by atoms with Gasteiger partial charge in [0.05, 0.1) is 18.0 Å². The van der Waals surface area contributed by atoms with E-state index in [-0.39, 0.29) is 18.4 Å². The van der Waals surface area contributed by atoms with Gasteiger partial charge < -0.3 is 10.1 Å². The molecule has 1 aromatic rings. The summed E-state index contributed by atoms with van der Waals surface area (Å²) in [5.41, 5.74) is 1.84. The summed E-state index contributed by atoms with van der Waals surface area (Å²) in [5, 5.41) is 3.27. The summed E-state index contributed by atoms with van der Waals surface area (Å²) in [7, 11) is 0.0967. The maximum Gasteiger partial charge on any atom is 0.237 e. The quantitative estimate of drug-likeness (QED) is 0.895. The highest BCUT2D eigenvalue weighted by molar-refractivity contribution is 7.92. The Bertz CT molecular complexity index is 545. The van der Waals surface area contributed by atoms with Gasteiger partial charge in [-0.05, 0) is 31.5 Å². The minimum absolute atomic E-state index is 0.0159. The van der Waals surface area contributed by atoms with Gasteiger partial charge in [-0.3, -0.25) is 4.31 Å². The van der Waals surface area contributed by atoms with Crippen LogP contribution in [0, 0.1) is 0 Å². The molecule has 0 spiro atoms. The van der Waals surface area contributed by atoms with Crippen molar-refractivity contribution in [1.29, 1.82) is 0 Å². The molecule has 1 heterocycles. The van der Waals surface area contributed by atoms with Gasteiger partial charge in [0, 0.05) is 19.7 Å². The summed E-state index contributed by atoms with van der Waals surface area (Å²) in [4.78, 5) is 0. The SMILES string of the molecule is CNC1CCCN(S(=O)(=O)CCOC)c2ccccc21. The van der Waals surface area contributed by atoms with Crippen LogP contribution >= 0.6 is 0 Å². The lowest BCUT2D eigenvalue weighted by atomic mass is 10.0. The van der Waals surface area contributed by atoms with Crippen molar-refractivity contribution in [1.82, 2.24) is 5.32 Å². The summed E-state index contributed by atoms with van der Waals surface area (Å²) < 4.78 is 31.4. The van der Waals surface area contributed by atoms with E-state index >= 15 is 0 Å². The monoisotopic (exact) mass is 298 g/mol. The van der Waals surface area contributed by atoms with Gasteiger partial charge in [-0.15, -0.1) is 0 Å². The maximum atomic E-state index is 12.5. The molecule has 5 nitrogen and oxygen atoms in total. The lowest BCUT2D eigenvalue weighted by molar-refractivity contribution is 0.217. The number of anilines is 1. The molecule has 1 atom stereocenters. The average Bonchev–Trinajstić information content (AvgIpc) is 2.64. The number of methoxy groups -OCH3 is 1. The highest BCUT2D eigenvalue weighted by Crippen LogP contribution is 2.34. The summed E-state index contributed by atoms with van der Waals surface area (Å²) in [6, 6.07) is 7.93. The van der Waals surface area contributed by atoms with E-state index < -0.39 is 10.0 Å². The van der Waals surface area contributed by atoms with E-state index in [1.54, 1.807) is 4.31 Å². The second-order valence-corrected chi connectivity index (χ2v) is 6.94. The van der Waals surface area contributed by atoms with Gasteiger partial charge in [-0.25, -0.2) is 8.42 Å². The number of hydrogen-bond donors (Lipinski definition) is 1. The Balaban J connectivity index is 2.39. The van der Waals surface area contributed by atoms with Gasteiger partial charge in [0.2, 0.25) is 10.0 Å². The summed E-state index contributed by atoms with van der Waals surface area (Å²) in [6.45, 7) is 0.748. The number of para-hydroxylation sites is 1. The van der Waals surface area contributed by atoms with Crippen LogP contribution in [0.15, 0.2) is 24.3 Å². The van der Waals surface area contributed by atoms with Crippen molar-refractivity contribution in [3.63, 3.8) is 0 Å². The molecule has 0 fully saturated rings.